The van der Waals surface area contributed by atoms with Crippen molar-refractivity contribution >= 4 is 11.6 Å². The fourth-order valence-electron chi connectivity index (χ4n) is 3.44. The predicted octanol–water partition coefficient (Wildman–Crippen LogP) is 2.28. The third-order valence-electron chi connectivity index (χ3n) is 4.81. The van der Waals surface area contributed by atoms with Gasteiger partial charge in [0.2, 0.25) is 0 Å². The Morgan fingerprint density at radius 2 is 2.14 bits per heavy atom. The Morgan fingerprint density at radius 1 is 1.38 bits per heavy atom. The zero-order valence-corrected chi connectivity index (χ0v) is 12.6. The minimum absolute atomic E-state index is 0.130. The molecule has 2 heterocycles. The molecule has 0 aliphatic carbocycles. The zero-order valence-electron chi connectivity index (χ0n) is 12.6. The van der Waals surface area contributed by atoms with E-state index < -0.39 is 0 Å². The molecule has 0 saturated carbocycles. The number of para-hydroxylation sites is 1. The maximum Gasteiger partial charge on any atom is 0.255 e. The van der Waals surface area contributed by atoms with Crippen molar-refractivity contribution in [2.45, 2.75) is 38.7 Å². The molecule has 2 aliphatic heterocycles. The van der Waals surface area contributed by atoms with Crippen LogP contribution in [0.4, 0.5) is 5.69 Å². The van der Waals surface area contributed by atoms with Gasteiger partial charge < -0.3 is 15.3 Å². The number of rotatable bonds is 2. The first-order valence-corrected chi connectivity index (χ1v) is 8.00. The van der Waals surface area contributed by atoms with Crippen molar-refractivity contribution in [3.05, 3.63) is 29.3 Å². The number of hydrogen-bond donors (Lipinski definition) is 2. The van der Waals surface area contributed by atoms with E-state index in [1.54, 1.807) is 0 Å². The van der Waals surface area contributed by atoms with Crippen LogP contribution in [0.2, 0.25) is 0 Å². The number of carbonyl (C=O) groups is 1. The lowest BCUT2D eigenvalue weighted by Crippen LogP contribution is -2.41. The van der Waals surface area contributed by atoms with Crippen molar-refractivity contribution in [1.82, 2.24) is 4.90 Å². The van der Waals surface area contributed by atoms with E-state index in [1.165, 1.54) is 5.56 Å². The van der Waals surface area contributed by atoms with Gasteiger partial charge in [-0.25, -0.2) is 0 Å². The third-order valence-corrected chi connectivity index (χ3v) is 4.81. The first kappa shape index (κ1) is 14.4. The van der Waals surface area contributed by atoms with Crippen LogP contribution in [0, 0.1) is 5.92 Å². The van der Waals surface area contributed by atoms with Crippen LogP contribution in [0.15, 0.2) is 18.2 Å². The SMILES string of the molecule is CC(O)C1CCN(C(=O)c2cccc3c2NCCC3)CC1. The Kier molecular flexibility index (Phi) is 4.15. The Labute approximate surface area is 126 Å². The van der Waals surface area contributed by atoms with Gasteiger partial charge in [-0.15, -0.1) is 0 Å². The summed E-state index contributed by atoms with van der Waals surface area (Å²) in [7, 11) is 0. The van der Waals surface area contributed by atoms with Crippen molar-refractivity contribution in [3.63, 3.8) is 0 Å². The molecule has 1 unspecified atom stereocenters. The molecule has 1 amide bonds. The lowest BCUT2D eigenvalue weighted by Gasteiger charge is -2.34. The molecular formula is C17H24N2O2. The lowest BCUT2D eigenvalue weighted by molar-refractivity contribution is 0.0522. The summed E-state index contributed by atoms with van der Waals surface area (Å²) in [4.78, 5) is 14.7. The van der Waals surface area contributed by atoms with Crippen molar-refractivity contribution < 1.29 is 9.90 Å². The predicted molar refractivity (Wildman–Crippen MR) is 83.6 cm³/mol. The van der Waals surface area contributed by atoms with Crippen LogP contribution in [0.3, 0.4) is 0 Å². The molecule has 1 saturated heterocycles. The molecular weight excluding hydrogens is 264 g/mol. The number of carbonyl (C=O) groups excluding carboxylic acids is 1. The normalized spacial score (nSPS) is 20.6. The van der Waals surface area contributed by atoms with Crippen LogP contribution in [0.25, 0.3) is 0 Å². The lowest BCUT2D eigenvalue weighted by atomic mass is 9.91. The fourth-order valence-corrected chi connectivity index (χ4v) is 3.44. The Balaban J connectivity index is 1.75. The molecule has 2 N–H and O–H groups in total. The quantitative estimate of drug-likeness (QED) is 0.878. The van der Waals surface area contributed by atoms with E-state index in [0.29, 0.717) is 5.92 Å². The molecule has 0 bridgehead atoms. The Bertz CT molecular complexity index is 520. The molecule has 1 aromatic rings. The molecule has 21 heavy (non-hydrogen) atoms. The maximum absolute atomic E-state index is 12.8. The molecule has 1 aromatic carbocycles. The van der Waals surface area contributed by atoms with Crippen LogP contribution in [-0.2, 0) is 6.42 Å². The number of hydrogen-bond acceptors (Lipinski definition) is 3. The molecule has 4 nitrogen and oxygen atoms in total. The second kappa shape index (κ2) is 6.06. The van der Waals surface area contributed by atoms with E-state index in [0.717, 1.165) is 56.6 Å². The highest BCUT2D eigenvalue weighted by Crippen LogP contribution is 2.29. The van der Waals surface area contributed by atoms with Gasteiger partial charge in [0.25, 0.3) is 5.91 Å². The van der Waals surface area contributed by atoms with Crippen molar-refractivity contribution in [2.75, 3.05) is 25.0 Å². The van der Waals surface area contributed by atoms with Gasteiger partial charge in [0.05, 0.1) is 17.4 Å². The largest absolute Gasteiger partial charge is 0.393 e. The van der Waals surface area contributed by atoms with Crippen LogP contribution in [0.5, 0.6) is 0 Å². The topological polar surface area (TPSA) is 52.6 Å². The molecule has 1 fully saturated rings. The van der Waals surface area contributed by atoms with Gasteiger partial charge in [-0.3, -0.25) is 4.79 Å². The Hall–Kier alpha value is -1.55. The third kappa shape index (κ3) is 2.91. The second-order valence-corrected chi connectivity index (χ2v) is 6.24. The van der Waals surface area contributed by atoms with E-state index in [-0.39, 0.29) is 12.0 Å². The van der Waals surface area contributed by atoms with Gasteiger partial charge in [0, 0.05) is 19.6 Å². The van der Waals surface area contributed by atoms with Crippen molar-refractivity contribution in [1.29, 1.82) is 0 Å². The summed E-state index contributed by atoms with van der Waals surface area (Å²) in [5.74, 6) is 0.460. The average Bonchev–Trinajstić information content (AvgIpc) is 2.53. The highest BCUT2D eigenvalue weighted by Gasteiger charge is 2.27. The molecule has 4 heteroatoms. The number of aliphatic hydroxyl groups excluding tert-OH is 1. The molecule has 3 rings (SSSR count). The minimum atomic E-state index is -0.270. The monoisotopic (exact) mass is 288 g/mol. The summed E-state index contributed by atoms with van der Waals surface area (Å²) in [5.41, 5.74) is 3.10. The highest BCUT2D eigenvalue weighted by molar-refractivity contribution is 6.00. The molecule has 1 atom stereocenters. The number of aliphatic hydroxyl groups is 1. The molecule has 2 aliphatic rings. The number of nitrogens with zero attached hydrogens (tertiary/aromatic N) is 1. The van der Waals surface area contributed by atoms with Crippen LogP contribution >= 0.6 is 0 Å². The molecule has 114 valence electrons. The van der Waals surface area contributed by atoms with E-state index >= 15 is 0 Å². The van der Waals surface area contributed by atoms with E-state index in [9.17, 15) is 9.90 Å². The first-order valence-electron chi connectivity index (χ1n) is 8.00. The number of fused-ring (bicyclic) bond motifs is 1. The highest BCUT2D eigenvalue weighted by atomic mass is 16.3. The Morgan fingerprint density at radius 3 is 2.86 bits per heavy atom. The number of amides is 1. The average molecular weight is 288 g/mol. The van der Waals surface area contributed by atoms with E-state index in [2.05, 4.69) is 11.4 Å². The van der Waals surface area contributed by atoms with E-state index in [1.807, 2.05) is 24.0 Å². The molecule has 0 spiro atoms. The smallest absolute Gasteiger partial charge is 0.255 e. The van der Waals surface area contributed by atoms with E-state index in [4.69, 9.17) is 0 Å². The number of piperidine rings is 1. The van der Waals surface area contributed by atoms with Gasteiger partial charge in [-0.2, -0.15) is 0 Å². The van der Waals surface area contributed by atoms with Gasteiger partial charge >= 0.3 is 0 Å². The van der Waals surface area contributed by atoms with Crippen LogP contribution in [-0.4, -0.2) is 41.7 Å². The summed E-state index contributed by atoms with van der Waals surface area (Å²) in [5, 5.41) is 13.1. The van der Waals surface area contributed by atoms with Gasteiger partial charge in [0.1, 0.15) is 0 Å². The van der Waals surface area contributed by atoms with Crippen LogP contribution in [0.1, 0.15) is 42.1 Å². The first-order chi connectivity index (χ1) is 10.2. The standard InChI is InChI=1S/C17H24N2O2/c1-12(20)13-7-10-19(11-8-13)17(21)15-6-2-4-14-5-3-9-18-16(14)15/h2,4,6,12-13,18,20H,3,5,7-11H2,1H3. The van der Waals surface area contributed by atoms with Crippen molar-refractivity contribution in [2.24, 2.45) is 5.92 Å². The van der Waals surface area contributed by atoms with Gasteiger partial charge in [0.15, 0.2) is 0 Å². The van der Waals surface area contributed by atoms with Crippen molar-refractivity contribution in [3.8, 4) is 0 Å². The summed E-state index contributed by atoms with van der Waals surface area (Å²) in [6.07, 6.45) is 3.70. The second-order valence-electron chi connectivity index (χ2n) is 6.24. The molecule has 0 radical (unpaired) electrons. The summed E-state index contributed by atoms with van der Waals surface area (Å²) >= 11 is 0. The minimum Gasteiger partial charge on any atom is -0.393 e. The molecule has 0 aromatic heterocycles. The fraction of sp³-hybridized carbons (Fsp3) is 0.588. The number of nitrogens with one attached hydrogen (secondary N) is 1. The van der Waals surface area contributed by atoms with Crippen LogP contribution < -0.4 is 5.32 Å². The maximum atomic E-state index is 12.8. The number of likely N-dealkylation sites (tertiary alicyclic amines) is 1. The zero-order chi connectivity index (χ0) is 14.8. The summed E-state index contributed by atoms with van der Waals surface area (Å²) in [6.45, 7) is 4.29. The number of aryl methyl sites for hydroxylation is 1. The number of anilines is 1. The van der Waals surface area contributed by atoms with Gasteiger partial charge in [-0.05, 0) is 50.2 Å². The van der Waals surface area contributed by atoms with Gasteiger partial charge in [-0.1, -0.05) is 12.1 Å². The summed E-state index contributed by atoms with van der Waals surface area (Å²) < 4.78 is 0. The number of benzene rings is 1. The summed E-state index contributed by atoms with van der Waals surface area (Å²) in [6, 6.07) is 6.03.